The molecule has 0 aliphatic carbocycles. The SMILES string of the molecule is Fc1cccc(-c2ccnc3[nH]c(-c4n[nH]c5ccc(-c6cncnc6)nc45)nc23)c1. The van der Waals surface area contributed by atoms with E-state index in [4.69, 9.17) is 9.97 Å². The zero-order valence-corrected chi connectivity index (χ0v) is 15.9. The highest BCUT2D eigenvalue weighted by atomic mass is 19.1. The van der Waals surface area contributed by atoms with Crippen LogP contribution in [0.4, 0.5) is 4.39 Å². The van der Waals surface area contributed by atoms with Gasteiger partial charge in [0.1, 0.15) is 23.2 Å². The fourth-order valence-corrected chi connectivity index (χ4v) is 3.57. The minimum absolute atomic E-state index is 0.307. The van der Waals surface area contributed by atoms with Crippen LogP contribution in [-0.4, -0.2) is 40.1 Å². The number of nitrogens with one attached hydrogen (secondary N) is 2. The number of imidazole rings is 1. The first kappa shape index (κ1) is 17.3. The first-order chi connectivity index (χ1) is 15.3. The van der Waals surface area contributed by atoms with E-state index in [9.17, 15) is 4.39 Å². The van der Waals surface area contributed by atoms with E-state index in [0.29, 0.717) is 28.2 Å². The van der Waals surface area contributed by atoms with Crippen LogP contribution in [0.1, 0.15) is 0 Å². The van der Waals surface area contributed by atoms with Gasteiger partial charge in [-0.05, 0) is 35.9 Å². The lowest BCUT2D eigenvalue weighted by Gasteiger charge is -2.01. The summed E-state index contributed by atoms with van der Waals surface area (Å²) in [5.41, 5.74) is 6.25. The van der Waals surface area contributed by atoms with Crippen molar-refractivity contribution in [1.29, 1.82) is 0 Å². The van der Waals surface area contributed by atoms with Crippen molar-refractivity contribution in [1.82, 2.24) is 40.1 Å². The van der Waals surface area contributed by atoms with Crippen LogP contribution in [0, 0.1) is 5.82 Å². The van der Waals surface area contributed by atoms with Crippen molar-refractivity contribution in [2.45, 2.75) is 0 Å². The number of H-pyrrole nitrogens is 2. The van der Waals surface area contributed by atoms with Gasteiger partial charge in [0.2, 0.25) is 0 Å². The number of aromatic amines is 2. The summed E-state index contributed by atoms with van der Waals surface area (Å²) in [4.78, 5) is 25.2. The van der Waals surface area contributed by atoms with Gasteiger partial charge in [-0.1, -0.05) is 12.1 Å². The van der Waals surface area contributed by atoms with E-state index in [0.717, 1.165) is 27.9 Å². The third-order valence-corrected chi connectivity index (χ3v) is 5.01. The second kappa shape index (κ2) is 6.77. The van der Waals surface area contributed by atoms with E-state index in [1.54, 1.807) is 24.7 Å². The van der Waals surface area contributed by atoms with Gasteiger partial charge < -0.3 is 4.98 Å². The van der Waals surface area contributed by atoms with Gasteiger partial charge in [0.25, 0.3) is 0 Å². The van der Waals surface area contributed by atoms with Crippen LogP contribution in [0.5, 0.6) is 0 Å². The number of halogens is 1. The molecule has 0 aliphatic rings. The highest BCUT2D eigenvalue weighted by molar-refractivity contribution is 5.94. The molecule has 0 saturated carbocycles. The number of hydrogen-bond donors (Lipinski definition) is 2. The van der Waals surface area contributed by atoms with E-state index < -0.39 is 0 Å². The molecule has 31 heavy (non-hydrogen) atoms. The van der Waals surface area contributed by atoms with Crippen molar-refractivity contribution in [3.63, 3.8) is 0 Å². The van der Waals surface area contributed by atoms with E-state index in [2.05, 4.69) is 30.1 Å². The smallest absolute Gasteiger partial charge is 0.162 e. The van der Waals surface area contributed by atoms with Crippen molar-refractivity contribution in [3.05, 3.63) is 73.2 Å². The van der Waals surface area contributed by atoms with E-state index >= 15 is 0 Å². The fraction of sp³-hybridized carbons (Fsp3) is 0. The van der Waals surface area contributed by atoms with E-state index in [-0.39, 0.29) is 5.82 Å². The summed E-state index contributed by atoms with van der Waals surface area (Å²) in [5, 5.41) is 7.40. The first-order valence-corrected chi connectivity index (χ1v) is 9.48. The molecule has 6 aromatic rings. The van der Waals surface area contributed by atoms with Crippen LogP contribution in [0.15, 0.2) is 67.4 Å². The summed E-state index contributed by atoms with van der Waals surface area (Å²) < 4.78 is 13.8. The molecule has 9 heteroatoms. The number of rotatable bonds is 3. The summed E-state index contributed by atoms with van der Waals surface area (Å²) in [5.74, 6) is 0.213. The number of nitrogens with zero attached hydrogens (tertiary/aromatic N) is 6. The van der Waals surface area contributed by atoms with Crippen LogP contribution in [0.25, 0.3) is 56.1 Å². The first-order valence-electron chi connectivity index (χ1n) is 9.48. The third-order valence-electron chi connectivity index (χ3n) is 5.01. The highest BCUT2D eigenvalue weighted by Crippen LogP contribution is 2.31. The number of fused-ring (bicyclic) bond motifs is 2. The predicted octanol–water partition coefficient (Wildman–Crippen LogP) is 4.16. The lowest BCUT2D eigenvalue weighted by Crippen LogP contribution is -1.88. The molecule has 0 spiro atoms. The number of hydrogen-bond acceptors (Lipinski definition) is 6. The van der Waals surface area contributed by atoms with Gasteiger partial charge in [-0.2, -0.15) is 5.10 Å². The van der Waals surface area contributed by atoms with E-state index in [1.165, 1.54) is 18.5 Å². The van der Waals surface area contributed by atoms with Crippen molar-refractivity contribution in [2.75, 3.05) is 0 Å². The molecule has 0 bridgehead atoms. The molecule has 5 aromatic heterocycles. The largest absolute Gasteiger partial charge is 0.321 e. The second-order valence-electron chi connectivity index (χ2n) is 6.94. The Bertz CT molecular complexity index is 1550. The predicted molar refractivity (Wildman–Crippen MR) is 113 cm³/mol. The molecular formula is C22H13FN8. The average molecular weight is 408 g/mol. The van der Waals surface area contributed by atoms with Gasteiger partial charge in [-0.25, -0.2) is 29.3 Å². The Morgan fingerprint density at radius 3 is 2.65 bits per heavy atom. The van der Waals surface area contributed by atoms with Crippen molar-refractivity contribution in [2.24, 2.45) is 0 Å². The van der Waals surface area contributed by atoms with Crippen LogP contribution < -0.4 is 0 Å². The normalized spacial score (nSPS) is 11.4. The molecule has 0 unspecified atom stereocenters. The Morgan fingerprint density at radius 2 is 1.77 bits per heavy atom. The molecule has 0 atom stereocenters. The van der Waals surface area contributed by atoms with Crippen molar-refractivity contribution < 1.29 is 4.39 Å². The zero-order chi connectivity index (χ0) is 20.8. The maximum absolute atomic E-state index is 13.8. The van der Waals surface area contributed by atoms with Crippen LogP contribution in [0.2, 0.25) is 0 Å². The zero-order valence-electron chi connectivity index (χ0n) is 15.9. The molecular weight excluding hydrogens is 395 g/mol. The molecule has 0 aliphatic heterocycles. The third kappa shape index (κ3) is 2.91. The maximum atomic E-state index is 13.8. The summed E-state index contributed by atoms with van der Waals surface area (Å²) in [7, 11) is 0. The Balaban J connectivity index is 1.52. The molecule has 0 amide bonds. The number of benzene rings is 1. The second-order valence-corrected chi connectivity index (χ2v) is 6.94. The average Bonchev–Trinajstić information content (AvgIpc) is 3.43. The molecule has 1 aromatic carbocycles. The molecule has 0 radical (unpaired) electrons. The Labute approximate surface area is 174 Å². The van der Waals surface area contributed by atoms with Gasteiger partial charge in [-0.15, -0.1) is 0 Å². The Kier molecular flexibility index (Phi) is 3.79. The lowest BCUT2D eigenvalue weighted by atomic mass is 10.1. The molecule has 0 saturated heterocycles. The number of aromatic nitrogens is 8. The van der Waals surface area contributed by atoms with Gasteiger partial charge >= 0.3 is 0 Å². The molecule has 6 rings (SSSR count). The van der Waals surface area contributed by atoms with Gasteiger partial charge in [0.15, 0.2) is 17.2 Å². The summed E-state index contributed by atoms with van der Waals surface area (Å²) >= 11 is 0. The fourth-order valence-electron chi connectivity index (χ4n) is 3.57. The van der Waals surface area contributed by atoms with Gasteiger partial charge in [0, 0.05) is 29.7 Å². The summed E-state index contributed by atoms with van der Waals surface area (Å²) in [6.45, 7) is 0. The quantitative estimate of drug-likeness (QED) is 0.455. The Hall–Kier alpha value is -4.53. The Morgan fingerprint density at radius 1 is 0.871 bits per heavy atom. The van der Waals surface area contributed by atoms with Crippen molar-refractivity contribution in [3.8, 4) is 33.9 Å². The summed E-state index contributed by atoms with van der Waals surface area (Å²) in [6, 6.07) is 12.0. The standard InChI is InChI=1S/C22H13FN8/c23-14-3-1-2-12(8-14)15-6-7-26-21-18(15)28-22(29-21)20-19-17(30-31-20)5-4-16(27-19)13-9-24-11-25-10-13/h1-11H,(H,30,31)(H,26,28,29). The highest BCUT2D eigenvalue weighted by Gasteiger charge is 2.17. The van der Waals surface area contributed by atoms with Crippen LogP contribution in [-0.2, 0) is 0 Å². The van der Waals surface area contributed by atoms with Crippen molar-refractivity contribution >= 4 is 22.2 Å². The molecule has 148 valence electrons. The lowest BCUT2D eigenvalue weighted by molar-refractivity contribution is 0.628. The van der Waals surface area contributed by atoms with Crippen LogP contribution in [0.3, 0.4) is 0 Å². The van der Waals surface area contributed by atoms with E-state index in [1.807, 2.05) is 24.3 Å². The molecule has 0 fully saturated rings. The molecule has 2 N–H and O–H groups in total. The van der Waals surface area contributed by atoms with Gasteiger partial charge in [-0.3, -0.25) is 5.10 Å². The van der Waals surface area contributed by atoms with Crippen LogP contribution >= 0.6 is 0 Å². The number of pyridine rings is 2. The monoisotopic (exact) mass is 408 g/mol. The van der Waals surface area contributed by atoms with Gasteiger partial charge in [0.05, 0.1) is 11.2 Å². The maximum Gasteiger partial charge on any atom is 0.162 e. The molecule has 5 heterocycles. The minimum Gasteiger partial charge on any atom is -0.321 e. The topological polar surface area (TPSA) is 109 Å². The molecule has 8 nitrogen and oxygen atoms in total. The minimum atomic E-state index is -0.307. The summed E-state index contributed by atoms with van der Waals surface area (Å²) in [6.07, 6.45) is 6.55.